The molecule has 2 N–H and O–H groups in total. The Morgan fingerprint density at radius 1 is 0.500 bits per heavy atom. The molecule has 9 heteroatoms. The summed E-state index contributed by atoms with van der Waals surface area (Å²) in [7, 11) is -4.77. The van der Waals surface area contributed by atoms with Crippen molar-refractivity contribution in [3.63, 3.8) is 0 Å². The number of unbranched alkanes of at least 4 members (excludes halogenated alkanes) is 20. The molecule has 0 saturated heterocycles. The molecule has 52 heavy (non-hydrogen) atoms. The number of allylic oxidation sites excluding steroid dienone is 8. The first-order valence-corrected chi connectivity index (χ1v) is 22.5. The molecular formula is C43H77O8P. The fourth-order valence-electron chi connectivity index (χ4n) is 5.68. The lowest BCUT2D eigenvalue weighted by atomic mass is 10.1. The van der Waals surface area contributed by atoms with Gasteiger partial charge in [-0.25, -0.2) is 4.57 Å². The first kappa shape index (κ1) is 50.0. The molecule has 8 nitrogen and oxygen atoms in total. The average molecular weight is 753 g/mol. The van der Waals surface area contributed by atoms with E-state index in [2.05, 4.69) is 60.9 Å². The minimum atomic E-state index is -4.77. The van der Waals surface area contributed by atoms with E-state index in [-0.39, 0.29) is 19.4 Å². The number of phosphoric acid groups is 1. The molecule has 0 saturated carbocycles. The van der Waals surface area contributed by atoms with Gasteiger partial charge in [0.15, 0.2) is 6.10 Å². The van der Waals surface area contributed by atoms with E-state index >= 15 is 0 Å². The van der Waals surface area contributed by atoms with E-state index in [9.17, 15) is 14.2 Å². The molecule has 0 rings (SSSR count). The van der Waals surface area contributed by atoms with Gasteiger partial charge in [-0.05, 0) is 70.6 Å². The van der Waals surface area contributed by atoms with Crippen LogP contribution in [-0.2, 0) is 28.2 Å². The van der Waals surface area contributed by atoms with Gasteiger partial charge in [-0.2, -0.15) is 0 Å². The summed E-state index contributed by atoms with van der Waals surface area (Å²) >= 11 is 0. The lowest BCUT2D eigenvalue weighted by molar-refractivity contribution is -0.161. The number of ether oxygens (including phenoxy) is 2. The molecule has 0 aromatic rings. The summed E-state index contributed by atoms with van der Waals surface area (Å²) < 4.78 is 26.3. The maximum absolute atomic E-state index is 12.4. The zero-order chi connectivity index (χ0) is 38.2. The fraction of sp³-hybridized carbons (Fsp3) is 0.767. The molecule has 1 atom stereocenters. The molecule has 0 amide bonds. The van der Waals surface area contributed by atoms with Crippen LogP contribution < -0.4 is 0 Å². The molecule has 0 aliphatic rings. The summed E-state index contributed by atoms with van der Waals surface area (Å²) in [5.74, 6) is -0.950. The van der Waals surface area contributed by atoms with Crippen LogP contribution in [0, 0.1) is 0 Å². The van der Waals surface area contributed by atoms with Gasteiger partial charge in [0.05, 0.1) is 6.61 Å². The van der Waals surface area contributed by atoms with Crippen LogP contribution in [0.4, 0.5) is 0 Å². The number of rotatable bonds is 38. The molecule has 0 aromatic carbocycles. The minimum Gasteiger partial charge on any atom is -0.462 e. The van der Waals surface area contributed by atoms with Gasteiger partial charge < -0.3 is 19.3 Å². The standard InChI is InChI=1S/C43H77O8P/c1-3-5-7-9-11-13-15-17-19-21-23-25-27-29-31-33-35-37-42(44)49-39-41(40-50-52(46,47)48)51-43(45)38-36-34-32-30-28-26-24-22-20-18-16-14-12-10-8-6-4-2/h17-20,24,26,30,32,41H,3-16,21-23,25,27-29,31,33-40H2,1-2H3,(H2,46,47,48)/b19-17-,20-18-,26-24-,32-30-/t41-/m1/s1. The molecule has 0 aromatic heterocycles. The van der Waals surface area contributed by atoms with Crippen LogP contribution in [0.2, 0.25) is 0 Å². The average Bonchev–Trinajstić information content (AvgIpc) is 3.11. The Balaban J connectivity index is 4.01. The van der Waals surface area contributed by atoms with E-state index in [0.717, 1.165) is 44.9 Å². The van der Waals surface area contributed by atoms with Crippen LogP contribution in [0.3, 0.4) is 0 Å². The monoisotopic (exact) mass is 753 g/mol. The largest absolute Gasteiger partial charge is 0.469 e. The lowest BCUT2D eigenvalue weighted by Crippen LogP contribution is -2.29. The molecule has 0 spiro atoms. The Morgan fingerprint density at radius 2 is 0.885 bits per heavy atom. The SMILES string of the molecule is CCCCCCCC/C=C\C/C=C\C/C=C\CCCC(=O)O[C@H](COC(=O)CCCCCCCCC/C=C\CCCCCCCC)COP(=O)(O)O. The third kappa shape index (κ3) is 40.8. The Labute approximate surface area is 318 Å². The van der Waals surface area contributed by atoms with Gasteiger partial charge in [0, 0.05) is 12.8 Å². The van der Waals surface area contributed by atoms with Crippen molar-refractivity contribution >= 4 is 19.8 Å². The normalized spacial score (nSPS) is 12.9. The number of carbonyl (C=O) groups is 2. The summed E-state index contributed by atoms with van der Waals surface area (Å²) in [6.07, 6.45) is 46.9. The highest BCUT2D eigenvalue weighted by Gasteiger charge is 2.22. The topological polar surface area (TPSA) is 119 Å². The molecule has 0 fully saturated rings. The second-order valence-electron chi connectivity index (χ2n) is 14.0. The van der Waals surface area contributed by atoms with Crippen LogP contribution in [-0.4, -0.2) is 41.0 Å². The number of carbonyl (C=O) groups excluding carboxylic acids is 2. The highest BCUT2D eigenvalue weighted by Crippen LogP contribution is 2.36. The summed E-state index contributed by atoms with van der Waals surface area (Å²) in [4.78, 5) is 42.8. The van der Waals surface area contributed by atoms with Crippen molar-refractivity contribution in [2.45, 2.75) is 200 Å². The van der Waals surface area contributed by atoms with Crippen LogP contribution in [0.15, 0.2) is 48.6 Å². The Morgan fingerprint density at radius 3 is 1.37 bits per heavy atom. The number of esters is 2. The van der Waals surface area contributed by atoms with E-state index in [1.165, 1.54) is 103 Å². The second kappa shape index (κ2) is 38.7. The van der Waals surface area contributed by atoms with Gasteiger partial charge in [-0.3, -0.25) is 14.1 Å². The van der Waals surface area contributed by atoms with Crippen molar-refractivity contribution in [1.82, 2.24) is 0 Å². The van der Waals surface area contributed by atoms with Crippen molar-refractivity contribution < 1.29 is 37.9 Å². The van der Waals surface area contributed by atoms with Gasteiger partial charge in [-0.15, -0.1) is 0 Å². The van der Waals surface area contributed by atoms with E-state index in [4.69, 9.17) is 19.3 Å². The van der Waals surface area contributed by atoms with Crippen molar-refractivity contribution in [3.05, 3.63) is 48.6 Å². The molecule has 0 aliphatic heterocycles. The smallest absolute Gasteiger partial charge is 0.462 e. The van der Waals surface area contributed by atoms with Crippen molar-refractivity contribution in [2.75, 3.05) is 13.2 Å². The summed E-state index contributed by atoms with van der Waals surface area (Å²) in [5.41, 5.74) is 0. The van der Waals surface area contributed by atoms with Crippen LogP contribution in [0.25, 0.3) is 0 Å². The van der Waals surface area contributed by atoms with Crippen molar-refractivity contribution in [2.24, 2.45) is 0 Å². The predicted molar refractivity (Wildman–Crippen MR) is 216 cm³/mol. The zero-order valence-electron chi connectivity index (χ0n) is 33.2. The zero-order valence-corrected chi connectivity index (χ0v) is 34.1. The number of hydrogen-bond donors (Lipinski definition) is 2. The van der Waals surface area contributed by atoms with E-state index in [1.54, 1.807) is 0 Å². The number of phosphoric ester groups is 1. The van der Waals surface area contributed by atoms with E-state index in [1.807, 2.05) is 6.08 Å². The summed E-state index contributed by atoms with van der Waals surface area (Å²) in [6, 6.07) is 0. The van der Waals surface area contributed by atoms with E-state index < -0.39 is 32.5 Å². The van der Waals surface area contributed by atoms with Gasteiger partial charge in [0.2, 0.25) is 0 Å². The van der Waals surface area contributed by atoms with Crippen LogP contribution >= 0.6 is 7.82 Å². The third-order valence-electron chi connectivity index (χ3n) is 8.82. The maximum atomic E-state index is 12.4. The summed E-state index contributed by atoms with van der Waals surface area (Å²) in [5, 5.41) is 0. The van der Waals surface area contributed by atoms with Crippen molar-refractivity contribution in [3.8, 4) is 0 Å². The van der Waals surface area contributed by atoms with Crippen molar-refractivity contribution in [1.29, 1.82) is 0 Å². The first-order chi connectivity index (χ1) is 25.3. The number of hydrogen-bond acceptors (Lipinski definition) is 6. The van der Waals surface area contributed by atoms with Crippen LogP contribution in [0.5, 0.6) is 0 Å². The molecule has 0 bridgehead atoms. The van der Waals surface area contributed by atoms with Gasteiger partial charge in [-0.1, -0.05) is 159 Å². The molecule has 0 unspecified atom stereocenters. The van der Waals surface area contributed by atoms with Gasteiger partial charge in [0.1, 0.15) is 6.61 Å². The van der Waals surface area contributed by atoms with Gasteiger partial charge >= 0.3 is 19.8 Å². The quantitative estimate of drug-likeness (QED) is 0.0277. The predicted octanol–water partition coefficient (Wildman–Crippen LogP) is 12.7. The van der Waals surface area contributed by atoms with E-state index in [0.29, 0.717) is 19.3 Å². The fourth-order valence-corrected chi connectivity index (χ4v) is 6.04. The second-order valence-corrected chi connectivity index (χ2v) is 15.2. The highest BCUT2D eigenvalue weighted by molar-refractivity contribution is 7.46. The molecule has 302 valence electrons. The van der Waals surface area contributed by atoms with Gasteiger partial charge in [0.25, 0.3) is 0 Å². The molecular weight excluding hydrogens is 675 g/mol. The summed E-state index contributed by atoms with van der Waals surface area (Å²) in [6.45, 7) is 3.63. The molecule has 0 aliphatic carbocycles. The third-order valence-corrected chi connectivity index (χ3v) is 9.31. The minimum absolute atomic E-state index is 0.139. The maximum Gasteiger partial charge on any atom is 0.469 e. The Bertz CT molecular complexity index is 984. The molecule has 0 radical (unpaired) electrons. The lowest BCUT2D eigenvalue weighted by Gasteiger charge is -2.18. The highest BCUT2D eigenvalue weighted by atomic mass is 31.2. The Kier molecular flexibility index (Phi) is 37.2. The Hall–Kier alpha value is -1.99. The molecule has 0 heterocycles. The first-order valence-electron chi connectivity index (χ1n) is 20.9. The van der Waals surface area contributed by atoms with Crippen LogP contribution in [0.1, 0.15) is 194 Å².